The summed E-state index contributed by atoms with van der Waals surface area (Å²) in [7, 11) is 0. The van der Waals surface area contributed by atoms with Crippen molar-refractivity contribution >= 4 is 5.91 Å². The summed E-state index contributed by atoms with van der Waals surface area (Å²) in [6.07, 6.45) is 0.617. The molecule has 0 aliphatic carbocycles. The van der Waals surface area contributed by atoms with Crippen LogP contribution in [0.3, 0.4) is 0 Å². The molecule has 0 saturated carbocycles. The number of aromatic hydroxyl groups is 1. The summed E-state index contributed by atoms with van der Waals surface area (Å²) in [5.74, 6) is -0.0238. The van der Waals surface area contributed by atoms with Gasteiger partial charge in [-0.15, -0.1) is 0 Å². The zero-order chi connectivity index (χ0) is 15.1. The van der Waals surface area contributed by atoms with E-state index in [1.165, 1.54) is 0 Å². The minimum Gasteiger partial charge on any atom is -0.504 e. The number of carbonyl (C=O) groups is 1. The summed E-state index contributed by atoms with van der Waals surface area (Å²) in [4.78, 5) is 10.8. The van der Waals surface area contributed by atoms with Crippen LogP contribution in [-0.2, 0) is 4.79 Å². The zero-order valence-corrected chi connectivity index (χ0v) is 11.5. The van der Waals surface area contributed by atoms with Crippen molar-refractivity contribution in [2.24, 2.45) is 0 Å². The van der Waals surface area contributed by atoms with Crippen molar-refractivity contribution in [3.8, 4) is 22.6 Å². The highest BCUT2D eigenvalue weighted by Crippen LogP contribution is 2.31. The molecule has 5 nitrogen and oxygen atoms in total. The van der Waals surface area contributed by atoms with Crippen molar-refractivity contribution in [1.29, 1.82) is 0 Å². The molecule has 2 aromatic rings. The molecule has 3 N–H and O–H groups in total. The Balaban J connectivity index is 1.95. The maximum atomic E-state index is 10.8. The average Bonchev–Trinajstić information content (AvgIpc) is 2.53. The van der Waals surface area contributed by atoms with Crippen molar-refractivity contribution in [3.63, 3.8) is 0 Å². The van der Waals surface area contributed by atoms with Crippen LogP contribution in [0.25, 0.3) is 11.1 Å². The number of benzene rings is 2. The fourth-order valence-corrected chi connectivity index (χ4v) is 1.92. The summed E-state index contributed by atoms with van der Waals surface area (Å²) in [6.45, 7) is 0.283. The van der Waals surface area contributed by atoms with Gasteiger partial charge < -0.3 is 9.84 Å². The quantitative estimate of drug-likeness (QED) is 0.433. The standard InChI is InChI=1S/C16H17NO4/c18-14-11-13(12-5-2-1-3-6-12)8-9-15(14)21-10-4-7-16(19)17-20/h1-3,5-6,8-9,11,18,20H,4,7,10H2,(H,17,19). The van der Waals surface area contributed by atoms with Crippen LogP contribution < -0.4 is 10.2 Å². The summed E-state index contributed by atoms with van der Waals surface area (Å²) < 4.78 is 5.41. The second kappa shape index (κ2) is 7.31. The maximum Gasteiger partial charge on any atom is 0.243 e. The SMILES string of the molecule is O=C(CCCOc1ccc(-c2ccccc2)cc1O)NO. The van der Waals surface area contributed by atoms with Gasteiger partial charge in [0, 0.05) is 6.42 Å². The first kappa shape index (κ1) is 14.9. The monoisotopic (exact) mass is 287 g/mol. The maximum absolute atomic E-state index is 10.8. The molecule has 0 fully saturated rings. The molecule has 21 heavy (non-hydrogen) atoms. The van der Waals surface area contributed by atoms with Crippen molar-refractivity contribution < 1.29 is 19.8 Å². The first-order valence-electron chi connectivity index (χ1n) is 6.65. The van der Waals surface area contributed by atoms with E-state index in [-0.39, 0.29) is 18.8 Å². The second-order valence-corrected chi connectivity index (χ2v) is 4.54. The third kappa shape index (κ3) is 4.22. The predicted octanol–water partition coefficient (Wildman–Crippen LogP) is 2.72. The van der Waals surface area contributed by atoms with Crippen LogP contribution in [-0.4, -0.2) is 22.8 Å². The van der Waals surface area contributed by atoms with Crippen LogP contribution >= 0.6 is 0 Å². The Hall–Kier alpha value is -2.53. The van der Waals surface area contributed by atoms with E-state index in [0.717, 1.165) is 11.1 Å². The van der Waals surface area contributed by atoms with Gasteiger partial charge >= 0.3 is 0 Å². The highest BCUT2D eigenvalue weighted by Gasteiger charge is 2.06. The van der Waals surface area contributed by atoms with Gasteiger partial charge in [0.2, 0.25) is 5.91 Å². The summed E-state index contributed by atoms with van der Waals surface area (Å²) >= 11 is 0. The first-order valence-corrected chi connectivity index (χ1v) is 6.65. The Kier molecular flexibility index (Phi) is 5.17. The van der Waals surface area contributed by atoms with Gasteiger partial charge in [-0.25, -0.2) is 5.48 Å². The molecule has 5 heteroatoms. The molecule has 0 heterocycles. The number of rotatable bonds is 6. The predicted molar refractivity (Wildman–Crippen MR) is 78.2 cm³/mol. The summed E-state index contributed by atoms with van der Waals surface area (Å²) in [6, 6.07) is 14.9. The molecule has 0 aromatic heterocycles. The molecule has 0 spiro atoms. The van der Waals surface area contributed by atoms with Crippen LogP contribution in [0, 0.1) is 0 Å². The highest BCUT2D eigenvalue weighted by atomic mass is 16.5. The Bertz CT molecular complexity index is 598. The van der Waals surface area contributed by atoms with Crippen LogP contribution in [0.4, 0.5) is 0 Å². The van der Waals surface area contributed by atoms with Crippen molar-refractivity contribution in [2.75, 3.05) is 6.61 Å². The van der Waals surface area contributed by atoms with E-state index >= 15 is 0 Å². The molecule has 0 saturated heterocycles. The molecule has 2 rings (SSSR count). The van der Waals surface area contributed by atoms with Crippen molar-refractivity contribution in [2.45, 2.75) is 12.8 Å². The molecule has 0 aliphatic rings. The molecule has 0 bridgehead atoms. The van der Waals surface area contributed by atoms with E-state index in [2.05, 4.69) is 0 Å². The largest absolute Gasteiger partial charge is 0.504 e. The number of hydrogen-bond acceptors (Lipinski definition) is 4. The van der Waals surface area contributed by atoms with Gasteiger partial charge in [0.15, 0.2) is 11.5 Å². The normalized spacial score (nSPS) is 10.1. The van der Waals surface area contributed by atoms with E-state index in [1.54, 1.807) is 17.6 Å². The fourth-order valence-electron chi connectivity index (χ4n) is 1.92. The molecule has 110 valence electrons. The van der Waals surface area contributed by atoms with E-state index in [4.69, 9.17) is 9.94 Å². The molecular formula is C16H17NO4. The molecule has 0 unspecified atom stereocenters. The van der Waals surface area contributed by atoms with Gasteiger partial charge in [-0.2, -0.15) is 0 Å². The number of phenolic OH excluding ortho intramolecular Hbond substituents is 1. The third-order valence-corrected chi connectivity index (χ3v) is 3.00. The topological polar surface area (TPSA) is 78.8 Å². The third-order valence-electron chi connectivity index (χ3n) is 3.00. The molecule has 0 atom stereocenters. The van der Waals surface area contributed by atoms with Crippen molar-refractivity contribution in [1.82, 2.24) is 5.48 Å². The summed E-state index contributed by atoms with van der Waals surface area (Å²) in [5.41, 5.74) is 3.47. The molecule has 0 aliphatic heterocycles. The second-order valence-electron chi connectivity index (χ2n) is 4.54. The lowest BCUT2D eigenvalue weighted by atomic mass is 10.1. The summed E-state index contributed by atoms with van der Waals surface area (Å²) in [5, 5.41) is 18.3. The smallest absolute Gasteiger partial charge is 0.243 e. The fraction of sp³-hybridized carbons (Fsp3) is 0.188. The average molecular weight is 287 g/mol. The highest BCUT2D eigenvalue weighted by molar-refractivity contribution is 5.74. The van der Waals surface area contributed by atoms with Gasteiger partial charge in [0.05, 0.1) is 6.61 Å². The lowest BCUT2D eigenvalue weighted by Gasteiger charge is -2.09. The van der Waals surface area contributed by atoms with Gasteiger partial charge in [0.1, 0.15) is 0 Å². The lowest BCUT2D eigenvalue weighted by molar-refractivity contribution is -0.129. The Labute approximate surface area is 122 Å². The van der Waals surface area contributed by atoms with E-state index in [1.807, 2.05) is 36.4 Å². The van der Waals surface area contributed by atoms with Gasteiger partial charge in [-0.3, -0.25) is 10.0 Å². The van der Waals surface area contributed by atoms with Crippen molar-refractivity contribution in [3.05, 3.63) is 48.5 Å². The van der Waals surface area contributed by atoms with Gasteiger partial charge in [0.25, 0.3) is 0 Å². The first-order chi connectivity index (χ1) is 10.2. The van der Waals surface area contributed by atoms with E-state index in [0.29, 0.717) is 12.2 Å². The zero-order valence-electron chi connectivity index (χ0n) is 11.5. The Morgan fingerprint density at radius 1 is 1.10 bits per heavy atom. The number of nitrogens with one attached hydrogen (secondary N) is 1. The van der Waals surface area contributed by atoms with Crippen LogP contribution in [0.15, 0.2) is 48.5 Å². The van der Waals surface area contributed by atoms with Gasteiger partial charge in [-0.05, 0) is 29.7 Å². The number of ether oxygens (including phenoxy) is 1. The van der Waals surface area contributed by atoms with Gasteiger partial charge in [-0.1, -0.05) is 36.4 Å². The molecular weight excluding hydrogens is 270 g/mol. The minimum absolute atomic E-state index is 0.0583. The van der Waals surface area contributed by atoms with E-state index in [9.17, 15) is 9.90 Å². The molecule has 0 radical (unpaired) electrons. The number of carbonyl (C=O) groups excluding carboxylic acids is 1. The number of hydrogen-bond donors (Lipinski definition) is 3. The Morgan fingerprint density at radius 3 is 2.52 bits per heavy atom. The molecule has 1 amide bonds. The number of hydroxylamine groups is 1. The van der Waals surface area contributed by atoms with Crippen LogP contribution in [0.1, 0.15) is 12.8 Å². The van der Waals surface area contributed by atoms with Crippen LogP contribution in [0.5, 0.6) is 11.5 Å². The van der Waals surface area contributed by atoms with Crippen LogP contribution in [0.2, 0.25) is 0 Å². The molecule has 2 aromatic carbocycles. The Morgan fingerprint density at radius 2 is 1.86 bits per heavy atom. The number of phenols is 1. The lowest BCUT2D eigenvalue weighted by Crippen LogP contribution is -2.18. The minimum atomic E-state index is -0.456. The van der Waals surface area contributed by atoms with E-state index < -0.39 is 5.91 Å². The number of amides is 1.